The fraction of sp³-hybridized carbons (Fsp3) is 0.0526. The highest BCUT2D eigenvalue weighted by molar-refractivity contribution is 7.80. The summed E-state index contributed by atoms with van der Waals surface area (Å²) >= 11 is 11.3. The fourth-order valence-corrected chi connectivity index (χ4v) is 3.23. The van der Waals surface area contributed by atoms with Crippen LogP contribution >= 0.6 is 23.8 Å². The zero-order valence-corrected chi connectivity index (χ0v) is 15.0. The first-order valence-corrected chi connectivity index (χ1v) is 8.59. The van der Waals surface area contributed by atoms with Gasteiger partial charge in [-0.15, -0.1) is 0 Å². The number of aromatic nitrogens is 2. The summed E-state index contributed by atoms with van der Waals surface area (Å²) in [5, 5.41) is 9.89. The topological polar surface area (TPSA) is 52.7 Å². The quantitative estimate of drug-likeness (QED) is 0.411. The molecule has 0 saturated carbocycles. The Balaban J connectivity index is 1.61. The summed E-state index contributed by atoms with van der Waals surface area (Å²) in [5.74, 6) is 0. The van der Waals surface area contributed by atoms with Crippen LogP contribution in [0.25, 0.3) is 21.8 Å². The number of hydrogen-bond acceptors (Lipinski definition) is 2. The largest absolute Gasteiger partial charge is 0.353 e. The van der Waals surface area contributed by atoms with Crippen LogP contribution < -0.4 is 10.6 Å². The van der Waals surface area contributed by atoms with Crippen LogP contribution in [0, 0.1) is 6.92 Å². The highest BCUT2D eigenvalue weighted by Crippen LogP contribution is 2.28. The van der Waals surface area contributed by atoms with Gasteiger partial charge in [0.05, 0.1) is 11.2 Å². The van der Waals surface area contributed by atoms with E-state index in [-0.39, 0.29) is 0 Å². The van der Waals surface area contributed by atoms with Gasteiger partial charge in [0.2, 0.25) is 0 Å². The molecule has 0 aliphatic carbocycles. The van der Waals surface area contributed by atoms with Crippen LogP contribution in [0.15, 0.2) is 54.7 Å². The van der Waals surface area contributed by atoms with Crippen molar-refractivity contribution in [3.63, 3.8) is 0 Å². The number of nitrogens with zero attached hydrogens (tertiary/aromatic N) is 1. The summed E-state index contributed by atoms with van der Waals surface area (Å²) in [6.45, 7) is 2.00. The summed E-state index contributed by atoms with van der Waals surface area (Å²) < 4.78 is 0. The summed E-state index contributed by atoms with van der Waals surface area (Å²) in [7, 11) is 0. The molecule has 0 radical (unpaired) electrons. The van der Waals surface area contributed by atoms with Crippen LogP contribution in [-0.2, 0) is 0 Å². The van der Waals surface area contributed by atoms with Gasteiger partial charge in [-0.25, -0.2) is 0 Å². The van der Waals surface area contributed by atoms with Crippen molar-refractivity contribution in [1.29, 1.82) is 0 Å². The lowest BCUT2D eigenvalue weighted by Crippen LogP contribution is -2.18. The molecular formula is C19H15ClN4S. The Labute approximate surface area is 155 Å². The number of pyridine rings is 1. The third-order valence-electron chi connectivity index (χ3n) is 4.07. The minimum absolute atomic E-state index is 0.527. The SMILES string of the molecule is Cc1nccc2c1[nH]c1ccc(NC(=S)Nc3ccc(Cl)cc3)cc12. The van der Waals surface area contributed by atoms with Crippen LogP contribution in [0.5, 0.6) is 0 Å². The van der Waals surface area contributed by atoms with Crippen molar-refractivity contribution in [2.45, 2.75) is 6.92 Å². The Morgan fingerprint density at radius 3 is 2.52 bits per heavy atom. The zero-order chi connectivity index (χ0) is 17.4. The second-order valence-electron chi connectivity index (χ2n) is 5.79. The maximum Gasteiger partial charge on any atom is 0.175 e. The molecule has 2 aromatic carbocycles. The number of anilines is 2. The zero-order valence-electron chi connectivity index (χ0n) is 13.4. The average molecular weight is 367 g/mol. The molecule has 0 atom stereocenters. The van der Waals surface area contributed by atoms with Gasteiger partial charge >= 0.3 is 0 Å². The van der Waals surface area contributed by atoms with Crippen molar-refractivity contribution in [2.75, 3.05) is 10.6 Å². The molecule has 4 rings (SSSR count). The molecule has 25 heavy (non-hydrogen) atoms. The van der Waals surface area contributed by atoms with E-state index in [9.17, 15) is 0 Å². The minimum Gasteiger partial charge on any atom is -0.353 e. The van der Waals surface area contributed by atoms with Crippen molar-refractivity contribution < 1.29 is 0 Å². The molecule has 0 amide bonds. The van der Waals surface area contributed by atoms with E-state index < -0.39 is 0 Å². The van der Waals surface area contributed by atoms with E-state index in [4.69, 9.17) is 23.8 Å². The van der Waals surface area contributed by atoms with Gasteiger partial charge in [0.1, 0.15) is 0 Å². The third-order valence-corrected chi connectivity index (χ3v) is 4.53. The Hall–Kier alpha value is -2.63. The molecule has 4 nitrogen and oxygen atoms in total. The molecule has 6 heteroatoms. The predicted molar refractivity (Wildman–Crippen MR) is 110 cm³/mol. The van der Waals surface area contributed by atoms with Crippen molar-refractivity contribution >= 4 is 62.1 Å². The molecule has 0 bridgehead atoms. The standard InChI is InChI=1S/C19H15ClN4S/c1-11-18-15(8-9-21-11)16-10-14(6-7-17(16)24-18)23-19(25)22-13-4-2-12(20)3-5-13/h2-10,24H,1H3,(H2,22,23,25). The van der Waals surface area contributed by atoms with Crippen molar-refractivity contribution in [3.8, 4) is 0 Å². The van der Waals surface area contributed by atoms with Gasteiger partial charge in [-0.2, -0.15) is 0 Å². The Morgan fingerprint density at radius 2 is 1.72 bits per heavy atom. The molecule has 2 aromatic heterocycles. The first-order chi connectivity index (χ1) is 12.1. The van der Waals surface area contributed by atoms with Crippen LogP contribution in [0.4, 0.5) is 11.4 Å². The Kier molecular flexibility index (Phi) is 4.03. The van der Waals surface area contributed by atoms with Crippen LogP contribution in [-0.4, -0.2) is 15.1 Å². The number of benzene rings is 2. The maximum atomic E-state index is 5.90. The van der Waals surface area contributed by atoms with Gasteiger partial charge in [0.15, 0.2) is 5.11 Å². The molecule has 0 spiro atoms. The summed E-state index contributed by atoms with van der Waals surface area (Å²) in [6.07, 6.45) is 1.83. The first kappa shape index (κ1) is 15.9. The monoisotopic (exact) mass is 366 g/mol. The Morgan fingerprint density at radius 1 is 1.00 bits per heavy atom. The number of rotatable bonds is 2. The molecule has 0 unspecified atom stereocenters. The number of nitrogens with one attached hydrogen (secondary N) is 3. The number of hydrogen-bond donors (Lipinski definition) is 3. The van der Waals surface area contributed by atoms with E-state index in [0.717, 1.165) is 38.9 Å². The number of fused-ring (bicyclic) bond motifs is 3. The summed E-state index contributed by atoms with van der Waals surface area (Å²) in [6, 6.07) is 15.6. The number of aryl methyl sites for hydroxylation is 1. The van der Waals surface area contributed by atoms with Crippen LogP contribution in [0.1, 0.15) is 5.69 Å². The van der Waals surface area contributed by atoms with Gasteiger partial charge in [-0.3, -0.25) is 4.98 Å². The average Bonchev–Trinajstić information content (AvgIpc) is 2.97. The molecule has 2 heterocycles. The smallest absolute Gasteiger partial charge is 0.175 e. The van der Waals surface area contributed by atoms with Gasteiger partial charge in [-0.1, -0.05) is 11.6 Å². The van der Waals surface area contributed by atoms with Gasteiger partial charge in [0, 0.05) is 38.9 Å². The highest BCUT2D eigenvalue weighted by atomic mass is 35.5. The molecular weight excluding hydrogens is 352 g/mol. The number of halogens is 1. The molecule has 0 aliphatic heterocycles. The van der Waals surface area contributed by atoms with E-state index >= 15 is 0 Å². The molecule has 124 valence electrons. The normalized spacial score (nSPS) is 11.0. The van der Waals surface area contributed by atoms with E-state index in [1.165, 1.54) is 0 Å². The molecule has 0 aliphatic rings. The lowest BCUT2D eigenvalue weighted by molar-refractivity contribution is 1.22. The third kappa shape index (κ3) is 3.16. The predicted octanol–water partition coefficient (Wildman–Crippen LogP) is 5.49. The van der Waals surface area contributed by atoms with E-state index in [1.54, 1.807) is 0 Å². The second kappa shape index (κ2) is 6.35. The summed E-state index contributed by atoms with van der Waals surface area (Å²) in [5.41, 5.74) is 4.94. The highest BCUT2D eigenvalue weighted by Gasteiger charge is 2.08. The Bertz CT molecular complexity index is 1090. The van der Waals surface area contributed by atoms with E-state index in [1.807, 2.05) is 55.6 Å². The van der Waals surface area contributed by atoms with Crippen molar-refractivity contribution in [1.82, 2.24) is 9.97 Å². The molecule has 4 aromatic rings. The van der Waals surface area contributed by atoms with Crippen molar-refractivity contribution in [2.24, 2.45) is 0 Å². The van der Waals surface area contributed by atoms with Gasteiger partial charge < -0.3 is 15.6 Å². The number of H-pyrrole nitrogens is 1. The lowest BCUT2D eigenvalue weighted by Gasteiger charge is -2.10. The van der Waals surface area contributed by atoms with E-state index in [0.29, 0.717) is 10.1 Å². The minimum atomic E-state index is 0.527. The second-order valence-corrected chi connectivity index (χ2v) is 6.63. The molecule has 3 N–H and O–H groups in total. The van der Waals surface area contributed by atoms with Crippen molar-refractivity contribution in [3.05, 3.63) is 65.4 Å². The molecule has 0 saturated heterocycles. The number of thiocarbonyl (C=S) groups is 1. The summed E-state index contributed by atoms with van der Waals surface area (Å²) in [4.78, 5) is 7.76. The fourth-order valence-electron chi connectivity index (χ4n) is 2.86. The van der Waals surface area contributed by atoms with Crippen LogP contribution in [0.2, 0.25) is 5.02 Å². The van der Waals surface area contributed by atoms with Gasteiger partial charge in [-0.05, 0) is 67.7 Å². The maximum absolute atomic E-state index is 5.90. The lowest BCUT2D eigenvalue weighted by atomic mass is 10.1. The van der Waals surface area contributed by atoms with Crippen LogP contribution in [0.3, 0.4) is 0 Å². The van der Waals surface area contributed by atoms with E-state index in [2.05, 4.69) is 26.7 Å². The number of aromatic amines is 1. The first-order valence-electron chi connectivity index (χ1n) is 7.81. The molecule has 0 fully saturated rings. The van der Waals surface area contributed by atoms with Gasteiger partial charge in [0.25, 0.3) is 0 Å².